The number of ether oxygens (including phenoxy) is 3. The number of hydrogen-bond acceptors (Lipinski definition) is 6. The summed E-state index contributed by atoms with van der Waals surface area (Å²) in [4.78, 5) is 40.1. The Hall–Kier alpha value is -2.81. The lowest BCUT2D eigenvalue weighted by Gasteiger charge is -2.34. The zero-order valence-corrected chi connectivity index (χ0v) is 19.7. The summed E-state index contributed by atoms with van der Waals surface area (Å²) < 4.78 is 17.1. The molecule has 2 fully saturated rings. The van der Waals surface area contributed by atoms with Crippen molar-refractivity contribution in [2.24, 2.45) is 5.92 Å². The van der Waals surface area contributed by atoms with Crippen LogP contribution in [0.3, 0.4) is 0 Å². The highest BCUT2D eigenvalue weighted by Gasteiger charge is 2.44. The van der Waals surface area contributed by atoms with Crippen LogP contribution in [0.5, 0.6) is 11.5 Å². The van der Waals surface area contributed by atoms with Gasteiger partial charge in [-0.25, -0.2) is 4.79 Å². The summed E-state index contributed by atoms with van der Waals surface area (Å²) in [7, 11) is 1.56. The highest BCUT2D eigenvalue weighted by Crippen LogP contribution is 2.30. The summed E-state index contributed by atoms with van der Waals surface area (Å²) in [5.41, 5.74) is 0.717. The van der Waals surface area contributed by atoms with Crippen LogP contribution in [0.25, 0.3) is 0 Å². The third-order valence-corrected chi connectivity index (χ3v) is 6.99. The fraction of sp³-hybridized carbons (Fsp3) is 0.640. The average Bonchev–Trinajstić information content (AvgIpc) is 3.26. The number of hydrogen-bond donors (Lipinski definition) is 2. The zero-order chi connectivity index (χ0) is 24.1. The summed E-state index contributed by atoms with van der Waals surface area (Å²) in [6.45, 7) is 1.02. The largest absolute Gasteiger partial charge is 0.497 e. The molecule has 9 heteroatoms. The van der Waals surface area contributed by atoms with Crippen LogP contribution in [-0.2, 0) is 25.5 Å². The van der Waals surface area contributed by atoms with Crippen molar-refractivity contribution in [3.8, 4) is 11.5 Å². The Kier molecular flexibility index (Phi) is 7.92. The van der Waals surface area contributed by atoms with Gasteiger partial charge in [-0.3, -0.25) is 9.59 Å². The van der Waals surface area contributed by atoms with Crippen molar-refractivity contribution in [3.63, 3.8) is 0 Å². The molecule has 2 N–H and O–H groups in total. The summed E-state index contributed by atoms with van der Waals surface area (Å²) >= 11 is 0. The molecule has 2 heterocycles. The maximum absolute atomic E-state index is 13.7. The van der Waals surface area contributed by atoms with Crippen LogP contribution in [0.2, 0.25) is 0 Å². The minimum Gasteiger partial charge on any atom is -0.497 e. The molecule has 0 aromatic heterocycles. The van der Waals surface area contributed by atoms with Crippen molar-refractivity contribution in [2.75, 3.05) is 26.9 Å². The molecular weight excluding hydrogens is 440 g/mol. The molecular formula is C25H34N2O7. The van der Waals surface area contributed by atoms with Gasteiger partial charge in [-0.15, -0.1) is 0 Å². The Bertz CT molecular complexity index is 899. The van der Waals surface area contributed by atoms with Crippen molar-refractivity contribution in [2.45, 2.75) is 69.6 Å². The third kappa shape index (κ3) is 5.81. The van der Waals surface area contributed by atoms with Gasteiger partial charge in [0.2, 0.25) is 11.8 Å². The van der Waals surface area contributed by atoms with Crippen LogP contribution in [0.1, 0.15) is 50.5 Å². The summed E-state index contributed by atoms with van der Waals surface area (Å²) in [5, 5.41) is 12.8. The van der Waals surface area contributed by atoms with Crippen LogP contribution >= 0.6 is 0 Å². The molecule has 1 saturated carbocycles. The van der Waals surface area contributed by atoms with Gasteiger partial charge in [0.1, 0.15) is 23.6 Å². The molecule has 186 valence electrons. The van der Waals surface area contributed by atoms with Gasteiger partial charge < -0.3 is 29.5 Å². The first-order valence-corrected chi connectivity index (χ1v) is 12.2. The fourth-order valence-corrected chi connectivity index (χ4v) is 5.27. The molecule has 0 spiro atoms. The van der Waals surface area contributed by atoms with E-state index in [1.165, 1.54) is 4.90 Å². The maximum Gasteiger partial charge on any atom is 0.326 e. The van der Waals surface area contributed by atoms with Crippen LogP contribution in [0.15, 0.2) is 18.2 Å². The van der Waals surface area contributed by atoms with Gasteiger partial charge in [0.25, 0.3) is 0 Å². The van der Waals surface area contributed by atoms with E-state index in [4.69, 9.17) is 14.2 Å². The molecule has 2 amide bonds. The molecule has 1 aromatic rings. The Balaban J connectivity index is 1.62. The van der Waals surface area contributed by atoms with E-state index in [2.05, 4.69) is 5.32 Å². The summed E-state index contributed by atoms with van der Waals surface area (Å²) in [6.07, 6.45) is 5.32. The first kappa shape index (κ1) is 24.3. The predicted octanol–water partition coefficient (Wildman–Crippen LogP) is 2.16. The normalized spacial score (nSPS) is 27.1. The lowest BCUT2D eigenvalue weighted by molar-refractivity contribution is -0.150. The molecule has 3 atom stereocenters. The van der Waals surface area contributed by atoms with Gasteiger partial charge in [0.05, 0.1) is 32.8 Å². The number of aliphatic carboxylic acids is 1. The van der Waals surface area contributed by atoms with Gasteiger partial charge in [0.15, 0.2) is 0 Å². The third-order valence-electron chi connectivity index (χ3n) is 6.99. The van der Waals surface area contributed by atoms with Gasteiger partial charge in [0, 0.05) is 25.5 Å². The van der Waals surface area contributed by atoms with E-state index in [0.29, 0.717) is 31.1 Å². The van der Waals surface area contributed by atoms with E-state index < -0.39 is 18.1 Å². The predicted molar refractivity (Wildman–Crippen MR) is 123 cm³/mol. The molecule has 1 saturated heterocycles. The van der Waals surface area contributed by atoms with Crippen molar-refractivity contribution < 1.29 is 33.7 Å². The Morgan fingerprint density at radius 1 is 1.12 bits per heavy atom. The van der Waals surface area contributed by atoms with E-state index in [-0.39, 0.29) is 43.2 Å². The first-order chi connectivity index (χ1) is 16.4. The monoisotopic (exact) mass is 474 g/mol. The molecule has 0 unspecified atom stereocenters. The minimum absolute atomic E-state index is 0.0114. The highest BCUT2D eigenvalue weighted by atomic mass is 16.5. The number of carbonyl (C=O) groups is 3. The van der Waals surface area contributed by atoms with Gasteiger partial charge in [-0.1, -0.05) is 19.3 Å². The highest BCUT2D eigenvalue weighted by molar-refractivity contribution is 5.91. The molecule has 34 heavy (non-hydrogen) atoms. The van der Waals surface area contributed by atoms with E-state index in [0.717, 1.165) is 37.7 Å². The van der Waals surface area contributed by atoms with E-state index in [1.807, 2.05) is 0 Å². The minimum atomic E-state index is -1.04. The van der Waals surface area contributed by atoms with Gasteiger partial charge in [-0.2, -0.15) is 0 Å². The molecule has 1 aromatic carbocycles. The second-order valence-electron chi connectivity index (χ2n) is 9.41. The van der Waals surface area contributed by atoms with Crippen LogP contribution in [0, 0.1) is 5.92 Å². The van der Waals surface area contributed by atoms with Crippen molar-refractivity contribution in [1.82, 2.24) is 10.2 Å². The molecule has 9 nitrogen and oxygen atoms in total. The van der Waals surface area contributed by atoms with Crippen molar-refractivity contribution in [1.29, 1.82) is 0 Å². The number of nitrogens with one attached hydrogen (secondary N) is 1. The molecule has 4 bridgehead atoms. The Labute approximate surface area is 199 Å². The van der Waals surface area contributed by atoms with E-state index in [1.54, 1.807) is 25.3 Å². The molecule has 3 aliphatic rings. The van der Waals surface area contributed by atoms with Crippen molar-refractivity contribution in [3.05, 3.63) is 23.8 Å². The number of carbonyl (C=O) groups excluding carboxylic acids is 2. The molecule has 0 radical (unpaired) electrons. The summed E-state index contributed by atoms with van der Waals surface area (Å²) in [6, 6.07) is 3.66. The fourth-order valence-electron chi connectivity index (χ4n) is 5.27. The quantitative estimate of drug-likeness (QED) is 0.690. The lowest BCUT2D eigenvalue weighted by Crippen LogP contribution is -2.55. The van der Waals surface area contributed by atoms with E-state index >= 15 is 0 Å². The summed E-state index contributed by atoms with van der Waals surface area (Å²) in [5.74, 6) is -0.465. The lowest BCUT2D eigenvalue weighted by atomic mass is 9.83. The molecule has 2 aliphatic heterocycles. The number of carboxylic acid groups (broad SMARTS) is 1. The second kappa shape index (κ2) is 11.1. The van der Waals surface area contributed by atoms with Gasteiger partial charge >= 0.3 is 5.97 Å². The van der Waals surface area contributed by atoms with Crippen LogP contribution in [-0.4, -0.2) is 72.8 Å². The maximum atomic E-state index is 13.7. The van der Waals surface area contributed by atoms with Crippen LogP contribution < -0.4 is 14.8 Å². The smallest absolute Gasteiger partial charge is 0.326 e. The number of nitrogens with zero attached hydrogens (tertiary/aromatic N) is 1. The molecule has 4 rings (SSSR count). The Morgan fingerprint density at radius 3 is 2.65 bits per heavy atom. The number of benzene rings is 1. The standard InChI is InChI=1S/C25H34N2O7/c1-32-18-10-16-11-19(13-18)33-8-5-9-34-20-14-21(25(30)31)27(15-20)24(29)23(26-22(28)12-16)17-6-3-2-4-7-17/h10-11,13,17,20-21,23H,2-9,12,14-15H2,1H3,(H,26,28)(H,30,31)/t20-,21+,23+/m1/s1. The SMILES string of the molecule is COc1cc2cc(c1)OCCCO[C@@H]1C[C@@H](C(=O)O)N(C1)C(=O)[C@H](C1CCCCC1)NC(=O)C2. The number of carboxylic acids is 1. The number of fused-ring (bicyclic) bond motifs is 4. The van der Waals surface area contributed by atoms with Crippen LogP contribution in [0.4, 0.5) is 0 Å². The second-order valence-corrected chi connectivity index (χ2v) is 9.41. The molecule has 1 aliphatic carbocycles. The van der Waals surface area contributed by atoms with Gasteiger partial charge in [-0.05, 0) is 36.5 Å². The topological polar surface area (TPSA) is 114 Å². The van der Waals surface area contributed by atoms with E-state index in [9.17, 15) is 19.5 Å². The first-order valence-electron chi connectivity index (χ1n) is 12.2. The van der Waals surface area contributed by atoms with Crippen molar-refractivity contribution >= 4 is 17.8 Å². The number of methoxy groups -OCH3 is 1. The zero-order valence-electron chi connectivity index (χ0n) is 19.7. The average molecular weight is 475 g/mol. The number of rotatable bonds is 3. The Morgan fingerprint density at radius 2 is 1.91 bits per heavy atom. The number of amides is 2.